The van der Waals surface area contributed by atoms with Crippen LogP contribution in [-0.2, 0) is 0 Å². The van der Waals surface area contributed by atoms with Gasteiger partial charge < -0.3 is 9.47 Å². The lowest BCUT2D eigenvalue weighted by Crippen LogP contribution is -1.92. The van der Waals surface area contributed by atoms with E-state index in [-0.39, 0.29) is 5.82 Å². The standard InChI is InChI=1S/C17H13FN4O2S/c1-23-13-7-11(8-14(9-13)24-2)16-21-22-15(19-20-17(22)25-16)10-4-3-5-12(18)6-10/h3-9H,1-2H3. The van der Waals surface area contributed by atoms with Gasteiger partial charge in [-0.25, -0.2) is 4.39 Å². The van der Waals surface area contributed by atoms with Crippen molar-refractivity contribution in [3.05, 3.63) is 48.3 Å². The topological polar surface area (TPSA) is 61.5 Å². The lowest BCUT2D eigenvalue weighted by molar-refractivity contribution is 0.394. The normalized spacial score (nSPS) is 11.0. The molecule has 126 valence electrons. The van der Waals surface area contributed by atoms with E-state index in [0.717, 1.165) is 10.6 Å². The first-order valence-electron chi connectivity index (χ1n) is 7.39. The summed E-state index contributed by atoms with van der Waals surface area (Å²) in [6.45, 7) is 0. The van der Waals surface area contributed by atoms with Crippen molar-refractivity contribution in [3.8, 4) is 33.5 Å². The Kier molecular flexibility index (Phi) is 3.81. The molecule has 0 saturated carbocycles. The summed E-state index contributed by atoms with van der Waals surface area (Å²) in [5.41, 5.74) is 1.46. The molecule has 2 aromatic heterocycles. The Morgan fingerprint density at radius 3 is 2.40 bits per heavy atom. The van der Waals surface area contributed by atoms with Gasteiger partial charge in [0.15, 0.2) is 5.82 Å². The van der Waals surface area contributed by atoms with Gasteiger partial charge in [-0.05, 0) is 24.3 Å². The van der Waals surface area contributed by atoms with Crippen molar-refractivity contribution in [1.29, 1.82) is 0 Å². The molecule has 2 heterocycles. The summed E-state index contributed by atoms with van der Waals surface area (Å²) in [7, 11) is 3.19. The number of aromatic nitrogens is 4. The zero-order valence-corrected chi connectivity index (χ0v) is 14.2. The molecule has 0 bridgehead atoms. The van der Waals surface area contributed by atoms with Crippen LogP contribution in [0.4, 0.5) is 4.39 Å². The van der Waals surface area contributed by atoms with Crippen molar-refractivity contribution in [2.45, 2.75) is 0 Å². The second-order valence-electron chi connectivity index (χ2n) is 5.24. The Morgan fingerprint density at radius 1 is 0.960 bits per heavy atom. The van der Waals surface area contributed by atoms with Crippen molar-refractivity contribution in [2.75, 3.05) is 14.2 Å². The highest BCUT2D eigenvalue weighted by molar-refractivity contribution is 7.19. The van der Waals surface area contributed by atoms with Crippen molar-refractivity contribution in [2.24, 2.45) is 0 Å². The van der Waals surface area contributed by atoms with E-state index in [2.05, 4.69) is 15.3 Å². The third-order valence-electron chi connectivity index (χ3n) is 3.67. The average Bonchev–Trinajstić information content (AvgIpc) is 3.21. The van der Waals surface area contributed by atoms with Gasteiger partial charge in [-0.3, -0.25) is 0 Å². The van der Waals surface area contributed by atoms with Crippen LogP contribution in [0.1, 0.15) is 0 Å². The summed E-state index contributed by atoms with van der Waals surface area (Å²) in [6, 6.07) is 11.7. The van der Waals surface area contributed by atoms with E-state index < -0.39 is 0 Å². The largest absolute Gasteiger partial charge is 0.497 e. The molecule has 0 atom stereocenters. The first kappa shape index (κ1) is 15.5. The van der Waals surface area contributed by atoms with Crippen molar-refractivity contribution >= 4 is 16.3 Å². The van der Waals surface area contributed by atoms with E-state index in [1.807, 2.05) is 12.1 Å². The molecule has 0 N–H and O–H groups in total. The fourth-order valence-electron chi connectivity index (χ4n) is 2.47. The van der Waals surface area contributed by atoms with E-state index in [1.165, 1.54) is 23.5 Å². The number of ether oxygens (including phenoxy) is 2. The Labute approximate surface area is 146 Å². The lowest BCUT2D eigenvalue weighted by atomic mass is 10.2. The van der Waals surface area contributed by atoms with Crippen molar-refractivity contribution < 1.29 is 13.9 Å². The minimum atomic E-state index is -0.331. The molecule has 4 aromatic rings. The molecule has 0 aliphatic carbocycles. The quantitative estimate of drug-likeness (QED) is 0.558. The number of rotatable bonds is 4. The fourth-order valence-corrected chi connectivity index (χ4v) is 3.30. The maximum atomic E-state index is 13.5. The minimum Gasteiger partial charge on any atom is -0.497 e. The molecule has 0 amide bonds. The van der Waals surface area contributed by atoms with Crippen LogP contribution in [0.15, 0.2) is 42.5 Å². The molecule has 0 spiro atoms. The molecule has 0 saturated heterocycles. The van der Waals surface area contributed by atoms with Gasteiger partial charge in [0.2, 0.25) is 4.96 Å². The van der Waals surface area contributed by atoms with Crippen molar-refractivity contribution in [1.82, 2.24) is 19.8 Å². The molecule has 6 nitrogen and oxygen atoms in total. The summed E-state index contributed by atoms with van der Waals surface area (Å²) >= 11 is 1.38. The number of halogens is 1. The number of hydrogen-bond donors (Lipinski definition) is 0. The van der Waals surface area contributed by atoms with Gasteiger partial charge in [-0.2, -0.15) is 9.61 Å². The highest BCUT2D eigenvalue weighted by Crippen LogP contribution is 2.33. The average molecular weight is 356 g/mol. The lowest BCUT2D eigenvalue weighted by Gasteiger charge is -2.06. The zero-order valence-electron chi connectivity index (χ0n) is 13.4. The highest BCUT2D eigenvalue weighted by Gasteiger charge is 2.16. The summed E-state index contributed by atoms with van der Waals surface area (Å²) < 4.78 is 25.7. The number of methoxy groups -OCH3 is 2. The Bertz CT molecular complexity index is 1040. The smallest absolute Gasteiger partial charge is 0.235 e. The van der Waals surface area contributed by atoms with E-state index in [4.69, 9.17) is 9.47 Å². The van der Waals surface area contributed by atoms with E-state index in [9.17, 15) is 4.39 Å². The molecule has 0 fully saturated rings. The van der Waals surface area contributed by atoms with Gasteiger partial charge in [-0.15, -0.1) is 10.2 Å². The summed E-state index contributed by atoms with van der Waals surface area (Å²) in [6.07, 6.45) is 0. The Morgan fingerprint density at radius 2 is 1.72 bits per heavy atom. The molecule has 0 aliphatic rings. The number of fused-ring (bicyclic) bond motifs is 1. The summed E-state index contributed by atoms with van der Waals surface area (Å²) in [4.78, 5) is 0.621. The van der Waals surface area contributed by atoms with E-state index >= 15 is 0 Å². The van der Waals surface area contributed by atoms with Gasteiger partial charge in [0, 0.05) is 17.2 Å². The maximum absolute atomic E-state index is 13.5. The number of hydrogen-bond acceptors (Lipinski definition) is 6. The molecular formula is C17H13FN4O2S. The molecule has 4 rings (SSSR count). The first-order chi connectivity index (χ1) is 12.2. The van der Waals surface area contributed by atoms with Crippen LogP contribution in [-0.4, -0.2) is 34.0 Å². The van der Waals surface area contributed by atoms with Crippen LogP contribution in [0.2, 0.25) is 0 Å². The Hall–Kier alpha value is -3.00. The van der Waals surface area contributed by atoms with Crippen LogP contribution in [0.25, 0.3) is 26.9 Å². The summed E-state index contributed by atoms with van der Waals surface area (Å²) in [5, 5.41) is 13.6. The van der Waals surface area contributed by atoms with E-state index in [0.29, 0.717) is 27.8 Å². The number of benzene rings is 2. The molecule has 0 unspecified atom stereocenters. The van der Waals surface area contributed by atoms with E-state index in [1.54, 1.807) is 36.9 Å². The highest BCUT2D eigenvalue weighted by atomic mass is 32.1. The fraction of sp³-hybridized carbons (Fsp3) is 0.118. The van der Waals surface area contributed by atoms with Crippen LogP contribution >= 0.6 is 11.3 Å². The van der Waals surface area contributed by atoms with Crippen molar-refractivity contribution in [3.63, 3.8) is 0 Å². The third kappa shape index (κ3) is 2.80. The molecule has 25 heavy (non-hydrogen) atoms. The predicted molar refractivity (Wildman–Crippen MR) is 92.6 cm³/mol. The zero-order chi connectivity index (χ0) is 17.4. The molecule has 0 radical (unpaired) electrons. The van der Waals surface area contributed by atoms with Crippen LogP contribution < -0.4 is 9.47 Å². The SMILES string of the molecule is COc1cc(OC)cc(-c2nn3c(-c4cccc(F)c4)nnc3s2)c1. The van der Waals surface area contributed by atoms with Crippen LogP contribution in [0.3, 0.4) is 0 Å². The molecule has 2 aromatic carbocycles. The first-order valence-corrected chi connectivity index (χ1v) is 8.21. The minimum absolute atomic E-state index is 0.331. The molecule has 8 heteroatoms. The van der Waals surface area contributed by atoms with Gasteiger partial charge >= 0.3 is 0 Å². The monoisotopic (exact) mass is 356 g/mol. The van der Waals surface area contributed by atoms with Crippen LogP contribution in [0, 0.1) is 5.82 Å². The van der Waals surface area contributed by atoms with Gasteiger partial charge in [-0.1, -0.05) is 23.5 Å². The Balaban J connectivity index is 1.83. The summed E-state index contributed by atoms with van der Waals surface area (Å²) in [5.74, 6) is 1.51. The molecule has 0 aliphatic heterocycles. The molecular weight excluding hydrogens is 343 g/mol. The predicted octanol–water partition coefficient (Wildman–Crippen LogP) is 3.68. The van der Waals surface area contributed by atoms with Gasteiger partial charge in [0.1, 0.15) is 22.3 Å². The van der Waals surface area contributed by atoms with Gasteiger partial charge in [0.05, 0.1) is 14.2 Å². The van der Waals surface area contributed by atoms with Gasteiger partial charge in [0.25, 0.3) is 0 Å². The second kappa shape index (κ2) is 6.14. The number of nitrogens with zero attached hydrogens (tertiary/aromatic N) is 4. The second-order valence-corrected chi connectivity index (χ2v) is 6.19. The van der Waals surface area contributed by atoms with Crippen LogP contribution in [0.5, 0.6) is 11.5 Å². The maximum Gasteiger partial charge on any atom is 0.235 e. The third-order valence-corrected chi connectivity index (χ3v) is 4.62.